The van der Waals surface area contributed by atoms with Gasteiger partial charge in [0.1, 0.15) is 0 Å². The molecule has 0 aliphatic carbocycles. The van der Waals surface area contributed by atoms with Crippen LogP contribution in [0.5, 0.6) is 0 Å². The van der Waals surface area contributed by atoms with Crippen LogP contribution in [-0.2, 0) is 19.6 Å². The number of rotatable bonds is 6. The van der Waals surface area contributed by atoms with Gasteiger partial charge in [-0.1, -0.05) is 48.0 Å². The predicted octanol–water partition coefficient (Wildman–Crippen LogP) is 4.14. The van der Waals surface area contributed by atoms with Gasteiger partial charge in [-0.3, -0.25) is 9.78 Å². The van der Waals surface area contributed by atoms with Crippen LogP contribution >= 0.6 is 0 Å². The highest BCUT2D eigenvalue weighted by atomic mass is 16.2. The van der Waals surface area contributed by atoms with Crippen LogP contribution in [0.2, 0.25) is 0 Å². The van der Waals surface area contributed by atoms with Crippen LogP contribution in [0.4, 0.5) is 4.79 Å². The van der Waals surface area contributed by atoms with Gasteiger partial charge in [0.15, 0.2) is 0 Å². The van der Waals surface area contributed by atoms with E-state index in [1.807, 2.05) is 73.7 Å². The zero-order valence-corrected chi connectivity index (χ0v) is 17.3. The Bertz CT molecular complexity index is 1240. The molecule has 0 spiro atoms. The molecule has 6 heteroatoms. The summed E-state index contributed by atoms with van der Waals surface area (Å²) in [4.78, 5) is 34.4. The number of nitrogens with one attached hydrogen (secondary N) is 2. The number of aryl methyl sites for hydroxylation is 1. The molecule has 31 heavy (non-hydrogen) atoms. The van der Waals surface area contributed by atoms with E-state index in [-0.39, 0.29) is 18.1 Å². The summed E-state index contributed by atoms with van der Waals surface area (Å²) in [7, 11) is 0. The molecule has 0 aliphatic rings. The monoisotopic (exact) mass is 412 g/mol. The minimum atomic E-state index is -0.239. The van der Waals surface area contributed by atoms with Crippen LogP contribution in [0.15, 0.2) is 83.9 Å². The molecule has 0 radical (unpaired) electrons. The Morgan fingerprint density at radius 1 is 1.00 bits per heavy atom. The molecule has 4 aromatic rings. The van der Waals surface area contributed by atoms with Gasteiger partial charge in [-0.2, -0.15) is 0 Å². The van der Waals surface area contributed by atoms with Gasteiger partial charge in [-0.25, -0.2) is 4.79 Å². The van der Waals surface area contributed by atoms with E-state index in [9.17, 15) is 9.59 Å². The van der Waals surface area contributed by atoms with Crippen LogP contribution in [0.3, 0.4) is 0 Å². The van der Waals surface area contributed by atoms with Gasteiger partial charge in [-0.15, -0.1) is 0 Å². The average molecular weight is 412 g/mol. The summed E-state index contributed by atoms with van der Waals surface area (Å²) in [6.07, 6.45) is 3.42. The highest BCUT2D eigenvalue weighted by Crippen LogP contribution is 2.15. The standard InChI is InChI=1S/C25H24N4O2/c1-18-9-10-23-21(12-18)13-22(24(30)28-23)17-29(16-20-8-5-11-26-14-20)25(31)27-15-19-6-3-2-4-7-19/h2-14H,15-17H2,1H3,(H,27,31)(H,28,30). The first-order chi connectivity index (χ1) is 15.1. The summed E-state index contributed by atoms with van der Waals surface area (Å²) in [6.45, 7) is 2.96. The molecule has 0 saturated heterocycles. The number of hydrogen-bond donors (Lipinski definition) is 2. The maximum Gasteiger partial charge on any atom is 0.318 e. The van der Waals surface area contributed by atoms with Crippen molar-refractivity contribution < 1.29 is 4.79 Å². The van der Waals surface area contributed by atoms with Crippen molar-refractivity contribution >= 4 is 16.9 Å². The molecule has 0 bridgehead atoms. The van der Waals surface area contributed by atoms with Crippen molar-refractivity contribution in [1.29, 1.82) is 0 Å². The first-order valence-electron chi connectivity index (χ1n) is 10.2. The molecule has 0 unspecified atom stereocenters. The van der Waals surface area contributed by atoms with Crippen molar-refractivity contribution in [2.75, 3.05) is 0 Å². The first kappa shape index (κ1) is 20.3. The van der Waals surface area contributed by atoms with E-state index in [1.54, 1.807) is 17.3 Å². The third-order valence-electron chi connectivity index (χ3n) is 5.11. The number of pyridine rings is 2. The second-order valence-corrected chi connectivity index (χ2v) is 7.58. The van der Waals surface area contributed by atoms with Crippen molar-refractivity contribution in [2.24, 2.45) is 0 Å². The lowest BCUT2D eigenvalue weighted by Gasteiger charge is -2.23. The number of benzene rings is 2. The van der Waals surface area contributed by atoms with Crippen molar-refractivity contribution in [3.63, 3.8) is 0 Å². The lowest BCUT2D eigenvalue weighted by molar-refractivity contribution is 0.191. The number of hydrogen-bond acceptors (Lipinski definition) is 3. The van der Waals surface area contributed by atoms with Crippen molar-refractivity contribution in [1.82, 2.24) is 20.2 Å². The quantitative estimate of drug-likeness (QED) is 0.500. The Morgan fingerprint density at radius 3 is 2.58 bits per heavy atom. The Labute approximate surface area is 180 Å². The minimum absolute atomic E-state index is 0.189. The van der Waals surface area contributed by atoms with Gasteiger partial charge in [0.2, 0.25) is 0 Å². The van der Waals surface area contributed by atoms with E-state index < -0.39 is 0 Å². The average Bonchev–Trinajstić information content (AvgIpc) is 2.79. The summed E-state index contributed by atoms with van der Waals surface area (Å²) in [5.74, 6) is 0. The Kier molecular flexibility index (Phi) is 6.08. The lowest BCUT2D eigenvalue weighted by Crippen LogP contribution is -2.39. The number of urea groups is 1. The molecule has 0 atom stereocenters. The SMILES string of the molecule is Cc1ccc2[nH]c(=O)c(CN(Cc3cccnc3)C(=O)NCc3ccccc3)cc2c1. The van der Waals surface area contributed by atoms with Crippen LogP contribution in [0.25, 0.3) is 10.9 Å². The largest absolute Gasteiger partial charge is 0.334 e. The van der Waals surface area contributed by atoms with Crippen molar-refractivity contribution in [3.8, 4) is 0 Å². The lowest BCUT2D eigenvalue weighted by atomic mass is 10.1. The number of fused-ring (bicyclic) bond motifs is 1. The van der Waals surface area contributed by atoms with Crippen LogP contribution < -0.4 is 10.9 Å². The second kappa shape index (κ2) is 9.26. The first-order valence-corrected chi connectivity index (χ1v) is 10.2. The zero-order chi connectivity index (χ0) is 21.6. The number of aromatic amines is 1. The topological polar surface area (TPSA) is 78.1 Å². The van der Waals surface area contributed by atoms with Gasteiger partial charge in [0.25, 0.3) is 5.56 Å². The number of aromatic nitrogens is 2. The van der Waals surface area contributed by atoms with Crippen LogP contribution in [0.1, 0.15) is 22.3 Å². The molecule has 0 saturated carbocycles. The Hall–Kier alpha value is -3.93. The fourth-order valence-corrected chi connectivity index (χ4v) is 3.49. The molecular formula is C25H24N4O2. The fraction of sp³-hybridized carbons (Fsp3) is 0.160. The van der Waals surface area contributed by atoms with E-state index in [0.717, 1.165) is 27.6 Å². The summed E-state index contributed by atoms with van der Waals surface area (Å²) >= 11 is 0. The van der Waals surface area contributed by atoms with E-state index in [2.05, 4.69) is 15.3 Å². The number of carbonyl (C=O) groups is 1. The molecule has 2 amide bonds. The maximum atomic E-state index is 13.0. The molecule has 2 N–H and O–H groups in total. The number of nitrogens with zero attached hydrogens (tertiary/aromatic N) is 2. The molecule has 156 valence electrons. The molecule has 4 rings (SSSR count). The van der Waals surface area contributed by atoms with E-state index >= 15 is 0 Å². The van der Waals surface area contributed by atoms with E-state index in [0.29, 0.717) is 18.7 Å². The van der Waals surface area contributed by atoms with Gasteiger partial charge in [-0.05, 0) is 47.7 Å². The van der Waals surface area contributed by atoms with Crippen molar-refractivity contribution in [3.05, 3.63) is 112 Å². The zero-order valence-electron chi connectivity index (χ0n) is 17.3. The second-order valence-electron chi connectivity index (χ2n) is 7.58. The Balaban J connectivity index is 1.59. The highest BCUT2D eigenvalue weighted by Gasteiger charge is 2.17. The predicted molar refractivity (Wildman–Crippen MR) is 121 cm³/mol. The smallest absolute Gasteiger partial charge is 0.318 e. The summed E-state index contributed by atoms with van der Waals surface area (Å²) in [5, 5.41) is 3.90. The van der Waals surface area contributed by atoms with Crippen LogP contribution in [-0.4, -0.2) is 20.9 Å². The van der Waals surface area contributed by atoms with Crippen molar-refractivity contribution in [2.45, 2.75) is 26.6 Å². The summed E-state index contributed by atoms with van der Waals surface area (Å²) < 4.78 is 0. The molecule has 2 heterocycles. The molecule has 0 fully saturated rings. The highest BCUT2D eigenvalue weighted by molar-refractivity contribution is 5.80. The number of H-pyrrole nitrogens is 1. The maximum absolute atomic E-state index is 13.0. The molecule has 2 aromatic carbocycles. The molecule has 2 aromatic heterocycles. The van der Waals surface area contributed by atoms with E-state index in [1.165, 1.54) is 0 Å². The van der Waals surface area contributed by atoms with Crippen LogP contribution in [0, 0.1) is 6.92 Å². The van der Waals surface area contributed by atoms with Gasteiger partial charge < -0.3 is 15.2 Å². The summed E-state index contributed by atoms with van der Waals surface area (Å²) in [5.41, 5.74) is 4.15. The molecule has 0 aliphatic heterocycles. The molecule has 6 nitrogen and oxygen atoms in total. The van der Waals surface area contributed by atoms with Gasteiger partial charge >= 0.3 is 6.03 Å². The normalized spacial score (nSPS) is 10.7. The Morgan fingerprint density at radius 2 is 1.81 bits per heavy atom. The summed E-state index contributed by atoms with van der Waals surface area (Å²) in [6, 6.07) is 21.0. The van der Waals surface area contributed by atoms with E-state index in [4.69, 9.17) is 0 Å². The third kappa shape index (κ3) is 5.17. The van der Waals surface area contributed by atoms with Gasteiger partial charge in [0, 0.05) is 36.6 Å². The van der Waals surface area contributed by atoms with Gasteiger partial charge in [0.05, 0.1) is 6.54 Å². The number of carbonyl (C=O) groups excluding carboxylic acids is 1. The fourth-order valence-electron chi connectivity index (χ4n) is 3.49. The number of amides is 2. The molecular weight excluding hydrogens is 388 g/mol. The minimum Gasteiger partial charge on any atom is -0.334 e. The third-order valence-corrected chi connectivity index (χ3v) is 5.11.